The number of rotatable bonds is 3. The fourth-order valence-electron chi connectivity index (χ4n) is 2.09. The minimum atomic E-state index is -3.24. The molecule has 2 rings (SSSR count). The van der Waals surface area contributed by atoms with E-state index in [1.165, 1.54) is 11.4 Å². The van der Waals surface area contributed by atoms with E-state index in [2.05, 4.69) is 10.3 Å². The number of hydrogen-bond donors (Lipinski definition) is 1. The van der Waals surface area contributed by atoms with Crippen molar-refractivity contribution in [2.24, 2.45) is 0 Å². The number of sulfonamides is 1. The second kappa shape index (κ2) is 5.49. The van der Waals surface area contributed by atoms with Crippen molar-refractivity contribution < 1.29 is 17.2 Å². The van der Waals surface area contributed by atoms with Crippen molar-refractivity contribution in [2.45, 2.75) is 0 Å². The van der Waals surface area contributed by atoms with Gasteiger partial charge < -0.3 is 10.2 Å². The molecular formula is C11H16F2N4O2S. The molecule has 20 heavy (non-hydrogen) atoms. The van der Waals surface area contributed by atoms with Crippen LogP contribution in [0.25, 0.3) is 0 Å². The summed E-state index contributed by atoms with van der Waals surface area (Å²) in [6, 6.07) is 0.775. The van der Waals surface area contributed by atoms with E-state index in [9.17, 15) is 17.2 Å². The lowest BCUT2D eigenvalue weighted by Gasteiger charge is -2.34. The Morgan fingerprint density at radius 1 is 1.20 bits per heavy atom. The van der Waals surface area contributed by atoms with E-state index in [-0.39, 0.29) is 24.7 Å². The third-order valence-electron chi connectivity index (χ3n) is 3.15. The molecule has 9 heteroatoms. The zero-order chi connectivity index (χ0) is 14.9. The van der Waals surface area contributed by atoms with Gasteiger partial charge in [0.15, 0.2) is 23.3 Å². The van der Waals surface area contributed by atoms with Gasteiger partial charge in [-0.3, -0.25) is 0 Å². The summed E-state index contributed by atoms with van der Waals surface area (Å²) in [5, 5.41) is 2.55. The maximum absolute atomic E-state index is 13.8. The lowest BCUT2D eigenvalue weighted by molar-refractivity contribution is 0.384. The van der Waals surface area contributed by atoms with Gasteiger partial charge in [0.25, 0.3) is 0 Å². The summed E-state index contributed by atoms with van der Waals surface area (Å²) in [7, 11) is -1.75. The quantitative estimate of drug-likeness (QED) is 0.880. The molecule has 0 aromatic carbocycles. The highest BCUT2D eigenvalue weighted by atomic mass is 32.2. The van der Waals surface area contributed by atoms with Crippen LogP contribution in [0.1, 0.15) is 0 Å². The van der Waals surface area contributed by atoms with Crippen molar-refractivity contribution in [1.82, 2.24) is 9.29 Å². The fraction of sp³-hybridized carbons (Fsp3) is 0.545. The van der Waals surface area contributed by atoms with Gasteiger partial charge in [-0.2, -0.15) is 4.31 Å². The van der Waals surface area contributed by atoms with Crippen LogP contribution in [-0.4, -0.2) is 57.2 Å². The fourth-order valence-corrected chi connectivity index (χ4v) is 2.91. The van der Waals surface area contributed by atoms with Gasteiger partial charge in [-0.05, 0) is 0 Å². The summed E-state index contributed by atoms with van der Waals surface area (Å²) in [4.78, 5) is 5.51. The molecule has 1 aromatic rings. The predicted molar refractivity (Wildman–Crippen MR) is 72.3 cm³/mol. The molecule has 0 saturated carbocycles. The largest absolute Gasteiger partial charge is 0.371 e. The van der Waals surface area contributed by atoms with Crippen molar-refractivity contribution in [2.75, 3.05) is 49.7 Å². The molecule has 0 aliphatic carbocycles. The van der Waals surface area contributed by atoms with E-state index in [4.69, 9.17) is 0 Å². The highest BCUT2D eigenvalue weighted by Crippen LogP contribution is 2.23. The first kappa shape index (κ1) is 14.9. The Bertz CT molecular complexity index is 601. The molecule has 1 saturated heterocycles. The van der Waals surface area contributed by atoms with Crippen LogP contribution in [0.3, 0.4) is 0 Å². The molecule has 0 unspecified atom stereocenters. The second-order valence-corrected chi connectivity index (χ2v) is 6.51. The van der Waals surface area contributed by atoms with E-state index in [0.29, 0.717) is 13.1 Å². The first-order valence-electron chi connectivity index (χ1n) is 6.07. The van der Waals surface area contributed by atoms with Gasteiger partial charge >= 0.3 is 0 Å². The van der Waals surface area contributed by atoms with Gasteiger partial charge in [0, 0.05) is 39.3 Å². The molecule has 1 fully saturated rings. The topological polar surface area (TPSA) is 65.5 Å². The Morgan fingerprint density at radius 3 is 2.30 bits per heavy atom. The number of nitrogens with zero attached hydrogens (tertiary/aromatic N) is 3. The number of nitrogens with one attached hydrogen (secondary N) is 1. The van der Waals surface area contributed by atoms with Gasteiger partial charge in [0.05, 0.1) is 6.26 Å². The first-order valence-corrected chi connectivity index (χ1v) is 7.91. The molecule has 0 spiro atoms. The number of halogens is 2. The Labute approximate surface area is 116 Å². The van der Waals surface area contributed by atoms with Crippen LogP contribution >= 0.6 is 0 Å². The highest BCUT2D eigenvalue weighted by molar-refractivity contribution is 7.88. The van der Waals surface area contributed by atoms with Gasteiger partial charge in [0.1, 0.15) is 0 Å². The Hall–Kier alpha value is -1.48. The van der Waals surface area contributed by atoms with Crippen molar-refractivity contribution >= 4 is 21.7 Å². The molecule has 2 heterocycles. The maximum Gasteiger partial charge on any atom is 0.211 e. The van der Waals surface area contributed by atoms with Crippen LogP contribution in [0.15, 0.2) is 6.07 Å². The van der Waals surface area contributed by atoms with Crippen LogP contribution in [0.2, 0.25) is 0 Å². The molecule has 1 N–H and O–H groups in total. The zero-order valence-electron chi connectivity index (χ0n) is 11.2. The van der Waals surface area contributed by atoms with E-state index in [1.54, 1.807) is 4.90 Å². The van der Waals surface area contributed by atoms with Crippen LogP contribution in [0, 0.1) is 11.6 Å². The molecule has 6 nitrogen and oxygen atoms in total. The molecule has 1 aliphatic heterocycles. The Balaban J connectivity index is 2.19. The summed E-state index contributed by atoms with van der Waals surface area (Å²) in [6.45, 7) is 1.13. The summed E-state index contributed by atoms with van der Waals surface area (Å²) >= 11 is 0. The highest BCUT2D eigenvalue weighted by Gasteiger charge is 2.26. The lowest BCUT2D eigenvalue weighted by Crippen LogP contribution is -2.48. The number of hydrogen-bond acceptors (Lipinski definition) is 5. The molecular weight excluding hydrogens is 290 g/mol. The predicted octanol–water partition coefficient (Wildman–Crippen LogP) is 0.483. The number of pyridine rings is 1. The third-order valence-corrected chi connectivity index (χ3v) is 4.46. The normalized spacial score (nSPS) is 17.3. The van der Waals surface area contributed by atoms with E-state index in [1.807, 2.05) is 0 Å². The van der Waals surface area contributed by atoms with E-state index >= 15 is 0 Å². The van der Waals surface area contributed by atoms with E-state index < -0.39 is 21.7 Å². The SMILES string of the molecule is CNc1nc(N2CCN(S(C)(=O)=O)CC2)c(F)cc1F. The monoisotopic (exact) mass is 306 g/mol. The summed E-state index contributed by atoms with van der Waals surface area (Å²) < 4.78 is 51.2. The zero-order valence-corrected chi connectivity index (χ0v) is 12.0. The third kappa shape index (κ3) is 2.98. The van der Waals surface area contributed by atoms with Crippen LogP contribution < -0.4 is 10.2 Å². The van der Waals surface area contributed by atoms with Gasteiger partial charge in [-0.1, -0.05) is 0 Å². The molecule has 0 amide bonds. The van der Waals surface area contributed by atoms with Gasteiger partial charge in [-0.25, -0.2) is 22.2 Å². The molecule has 0 atom stereocenters. The molecule has 112 valence electrons. The molecule has 0 radical (unpaired) electrons. The van der Waals surface area contributed by atoms with Crippen LogP contribution in [0.4, 0.5) is 20.4 Å². The van der Waals surface area contributed by atoms with Crippen LogP contribution in [0.5, 0.6) is 0 Å². The summed E-state index contributed by atoms with van der Waals surface area (Å²) in [5.74, 6) is -1.52. The average molecular weight is 306 g/mol. The smallest absolute Gasteiger partial charge is 0.211 e. The maximum atomic E-state index is 13.8. The molecule has 1 aliphatic rings. The van der Waals surface area contributed by atoms with Gasteiger partial charge in [-0.15, -0.1) is 0 Å². The molecule has 0 bridgehead atoms. The Morgan fingerprint density at radius 2 is 1.80 bits per heavy atom. The summed E-state index contributed by atoms with van der Waals surface area (Å²) in [5.41, 5.74) is 0. The van der Waals surface area contributed by atoms with Crippen molar-refractivity contribution in [3.05, 3.63) is 17.7 Å². The van der Waals surface area contributed by atoms with Crippen molar-refractivity contribution in [3.8, 4) is 0 Å². The summed E-state index contributed by atoms with van der Waals surface area (Å²) in [6.07, 6.45) is 1.14. The van der Waals surface area contributed by atoms with Crippen LogP contribution in [-0.2, 0) is 10.0 Å². The van der Waals surface area contributed by atoms with Gasteiger partial charge in [0.2, 0.25) is 10.0 Å². The number of aromatic nitrogens is 1. The van der Waals surface area contributed by atoms with E-state index in [0.717, 1.165) is 12.3 Å². The number of anilines is 2. The second-order valence-electron chi connectivity index (χ2n) is 4.52. The Kier molecular flexibility index (Phi) is 4.09. The van der Waals surface area contributed by atoms with Crippen molar-refractivity contribution in [3.63, 3.8) is 0 Å². The molecule has 1 aromatic heterocycles. The minimum absolute atomic E-state index is 0.0314. The average Bonchev–Trinajstić information content (AvgIpc) is 2.38. The number of piperazine rings is 1. The van der Waals surface area contributed by atoms with Crippen molar-refractivity contribution in [1.29, 1.82) is 0 Å². The lowest BCUT2D eigenvalue weighted by atomic mass is 10.3. The minimum Gasteiger partial charge on any atom is -0.371 e. The first-order chi connectivity index (χ1) is 9.32. The standard InChI is InChI=1S/C11H16F2N4O2S/c1-14-10-8(12)7-9(13)11(15-10)16-3-5-17(6-4-16)20(2,18)19/h7H,3-6H2,1-2H3,(H,14,15).